The van der Waals surface area contributed by atoms with E-state index in [9.17, 15) is 0 Å². The highest BCUT2D eigenvalue weighted by molar-refractivity contribution is 6.33. The maximum atomic E-state index is 6.10. The zero-order chi connectivity index (χ0) is 14.4. The Balaban J connectivity index is 1.71. The zero-order valence-corrected chi connectivity index (χ0v) is 12.2. The van der Waals surface area contributed by atoms with Gasteiger partial charge in [-0.1, -0.05) is 11.6 Å². The van der Waals surface area contributed by atoms with Crippen molar-refractivity contribution in [1.82, 2.24) is 20.2 Å². The molecular weight excluding hydrogens is 290 g/mol. The molecule has 1 aromatic heterocycles. The van der Waals surface area contributed by atoms with Gasteiger partial charge in [0.15, 0.2) is 5.82 Å². The maximum Gasteiger partial charge on any atom is 0.182 e. The standard InChI is InChI=1S/C14H16ClN5O/c15-10-7-9(3-4-11(10)16)14-17-18-19-20(14)12-5-6-21-13(12)8-1-2-8/h3-4,7-8,12-13H,1-2,5-6,16H2. The van der Waals surface area contributed by atoms with Crippen molar-refractivity contribution in [1.29, 1.82) is 0 Å². The minimum Gasteiger partial charge on any atom is -0.398 e. The van der Waals surface area contributed by atoms with Gasteiger partial charge in [-0.05, 0) is 53.8 Å². The molecule has 1 aliphatic carbocycles. The molecule has 2 aromatic rings. The van der Waals surface area contributed by atoms with Crippen molar-refractivity contribution in [3.05, 3.63) is 23.2 Å². The molecule has 2 heterocycles. The van der Waals surface area contributed by atoms with Crippen molar-refractivity contribution >= 4 is 17.3 Å². The van der Waals surface area contributed by atoms with Crippen molar-refractivity contribution < 1.29 is 4.74 Å². The lowest BCUT2D eigenvalue weighted by Crippen LogP contribution is -2.23. The summed E-state index contributed by atoms with van der Waals surface area (Å²) in [6.07, 6.45) is 3.66. The van der Waals surface area contributed by atoms with E-state index >= 15 is 0 Å². The van der Waals surface area contributed by atoms with Crippen molar-refractivity contribution in [2.75, 3.05) is 12.3 Å². The molecule has 1 aromatic carbocycles. The third kappa shape index (κ3) is 2.28. The van der Waals surface area contributed by atoms with Crippen LogP contribution in [0.5, 0.6) is 0 Å². The predicted octanol–water partition coefficient (Wildman–Crippen LogP) is 2.32. The molecule has 2 fully saturated rings. The molecule has 2 N–H and O–H groups in total. The summed E-state index contributed by atoms with van der Waals surface area (Å²) in [6, 6.07) is 5.69. The molecule has 0 spiro atoms. The first-order valence-electron chi connectivity index (χ1n) is 7.19. The first kappa shape index (κ1) is 13.0. The van der Waals surface area contributed by atoms with Crippen LogP contribution in [0.3, 0.4) is 0 Å². The Kier molecular flexibility index (Phi) is 3.08. The van der Waals surface area contributed by atoms with E-state index in [2.05, 4.69) is 15.5 Å². The van der Waals surface area contributed by atoms with Gasteiger partial charge in [0.2, 0.25) is 0 Å². The van der Waals surface area contributed by atoms with Crippen LogP contribution >= 0.6 is 11.6 Å². The van der Waals surface area contributed by atoms with E-state index in [1.807, 2.05) is 10.7 Å². The second kappa shape index (κ2) is 4.96. The van der Waals surface area contributed by atoms with Gasteiger partial charge >= 0.3 is 0 Å². The number of hydrogen-bond acceptors (Lipinski definition) is 5. The SMILES string of the molecule is Nc1ccc(-c2nnnn2C2CCOC2C2CC2)cc1Cl. The molecule has 21 heavy (non-hydrogen) atoms. The van der Waals surface area contributed by atoms with Crippen LogP contribution in [-0.2, 0) is 4.74 Å². The zero-order valence-electron chi connectivity index (χ0n) is 11.4. The summed E-state index contributed by atoms with van der Waals surface area (Å²) in [5.41, 5.74) is 7.19. The lowest BCUT2D eigenvalue weighted by atomic mass is 10.1. The van der Waals surface area contributed by atoms with Crippen molar-refractivity contribution in [2.24, 2.45) is 5.92 Å². The maximum absolute atomic E-state index is 6.10. The fraction of sp³-hybridized carbons (Fsp3) is 0.500. The number of halogens is 1. The van der Waals surface area contributed by atoms with Crippen LogP contribution < -0.4 is 5.73 Å². The van der Waals surface area contributed by atoms with E-state index < -0.39 is 0 Å². The molecule has 1 aliphatic heterocycles. The number of nitrogens with two attached hydrogens (primary N) is 1. The lowest BCUT2D eigenvalue weighted by molar-refractivity contribution is 0.0725. The minimum absolute atomic E-state index is 0.207. The summed E-state index contributed by atoms with van der Waals surface area (Å²) < 4.78 is 7.77. The van der Waals surface area contributed by atoms with Gasteiger partial charge < -0.3 is 10.5 Å². The summed E-state index contributed by atoms with van der Waals surface area (Å²) in [5, 5.41) is 12.7. The largest absolute Gasteiger partial charge is 0.398 e. The average molecular weight is 306 g/mol. The van der Waals surface area contributed by atoms with E-state index in [0.29, 0.717) is 16.6 Å². The third-order valence-corrected chi connectivity index (χ3v) is 4.58. The van der Waals surface area contributed by atoms with Crippen molar-refractivity contribution in [3.63, 3.8) is 0 Å². The molecule has 2 atom stereocenters. The number of hydrogen-bond donors (Lipinski definition) is 1. The van der Waals surface area contributed by atoms with E-state index in [4.69, 9.17) is 22.1 Å². The molecule has 110 valence electrons. The molecule has 0 bridgehead atoms. The van der Waals surface area contributed by atoms with Gasteiger partial charge in [0.05, 0.1) is 22.9 Å². The molecule has 2 unspecified atom stereocenters. The van der Waals surface area contributed by atoms with Crippen LogP contribution in [0.1, 0.15) is 25.3 Å². The van der Waals surface area contributed by atoms with Gasteiger partial charge in [-0.2, -0.15) is 0 Å². The summed E-state index contributed by atoms with van der Waals surface area (Å²) in [7, 11) is 0. The number of nitrogen functional groups attached to an aromatic ring is 1. The van der Waals surface area contributed by atoms with Crippen molar-refractivity contribution in [2.45, 2.75) is 31.4 Å². The highest BCUT2D eigenvalue weighted by atomic mass is 35.5. The van der Waals surface area contributed by atoms with Gasteiger partial charge in [0.25, 0.3) is 0 Å². The third-order valence-electron chi connectivity index (χ3n) is 4.26. The predicted molar refractivity (Wildman–Crippen MR) is 78.8 cm³/mol. The Bertz CT molecular complexity index is 669. The number of benzene rings is 1. The van der Waals surface area contributed by atoms with Gasteiger partial charge in [0, 0.05) is 12.2 Å². The van der Waals surface area contributed by atoms with Crippen LogP contribution in [-0.4, -0.2) is 32.9 Å². The van der Waals surface area contributed by atoms with Crippen LogP contribution in [0.25, 0.3) is 11.4 Å². The van der Waals surface area contributed by atoms with E-state index in [1.54, 1.807) is 12.1 Å². The summed E-state index contributed by atoms with van der Waals surface area (Å²) >= 11 is 6.10. The fourth-order valence-electron chi connectivity index (χ4n) is 3.01. The molecular formula is C14H16ClN5O. The smallest absolute Gasteiger partial charge is 0.182 e. The fourth-order valence-corrected chi connectivity index (χ4v) is 3.19. The Labute approximate surface area is 127 Å². The monoisotopic (exact) mass is 305 g/mol. The quantitative estimate of drug-likeness (QED) is 0.880. The van der Waals surface area contributed by atoms with Crippen LogP contribution in [0.4, 0.5) is 5.69 Å². The first-order valence-corrected chi connectivity index (χ1v) is 7.56. The highest BCUT2D eigenvalue weighted by Gasteiger charge is 2.42. The lowest BCUT2D eigenvalue weighted by Gasteiger charge is -2.19. The van der Waals surface area contributed by atoms with Gasteiger partial charge in [0.1, 0.15) is 0 Å². The average Bonchev–Trinajstić information content (AvgIpc) is 3.02. The number of nitrogens with zero attached hydrogens (tertiary/aromatic N) is 4. The van der Waals surface area contributed by atoms with Crippen LogP contribution in [0.15, 0.2) is 18.2 Å². The molecule has 4 rings (SSSR count). The molecule has 6 nitrogen and oxygen atoms in total. The topological polar surface area (TPSA) is 78.9 Å². The molecule has 0 radical (unpaired) electrons. The Morgan fingerprint density at radius 1 is 1.29 bits per heavy atom. The van der Waals surface area contributed by atoms with E-state index in [0.717, 1.165) is 24.4 Å². The second-order valence-corrected chi connectivity index (χ2v) is 6.12. The van der Waals surface area contributed by atoms with E-state index in [1.165, 1.54) is 12.8 Å². The molecule has 1 saturated heterocycles. The van der Waals surface area contributed by atoms with Crippen LogP contribution in [0.2, 0.25) is 5.02 Å². The molecule has 7 heteroatoms. The van der Waals surface area contributed by atoms with Crippen LogP contribution in [0, 0.1) is 5.92 Å². The summed E-state index contributed by atoms with van der Waals surface area (Å²) in [6.45, 7) is 0.771. The second-order valence-electron chi connectivity index (χ2n) is 5.71. The highest BCUT2D eigenvalue weighted by Crippen LogP contribution is 2.43. The molecule has 0 amide bonds. The number of tetrazole rings is 1. The Morgan fingerprint density at radius 3 is 2.90 bits per heavy atom. The molecule has 1 saturated carbocycles. The number of ether oxygens (including phenoxy) is 1. The normalized spacial score (nSPS) is 25.4. The number of aromatic nitrogens is 4. The number of rotatable bonds is 3. The molecule has 2 aliphatic rings. The number of anilines is 1. The van der Waals surface area contributed by atoms with Gasteiger partial charge in [-0.15, -0.1) is 5.10 Å². The summed E-state index contributed by atoms with van der Waals surface area (Å²) in [4.78, 5) is 0. The Hall–Kier alpha value is -1.66. The summed E-state index contributed by atoms with van der Waals surface area (Å²) in [5.74, 6) is 1.38. The minimum atomic E-state index is 0.207. The van der Waals surface area contributed by atoms with Gasteiger partial charge in [-0.3, -0.25) is 0 Å². The van der Waals surface area contributed by atoms with E-state index in [-0.39, 0.29) is 12.1 Å². The first-order chi connectivity index (χ1) is 10.2. The van der Waals surface area contributed by atoms with Gasteiger partial charge in [-0.25, -0.2) is 4.68 Å². The Morgan fingerprint density at radius 2 is 2.14 bits per heavy atom. The van der Waals surface area contributed by atoms with Crippen molar-refractivity contribution in [3.8, 4) is 11.4 Å².